The first-order valence-corrected chi connectivity index (χ1v) is 12.9. The summed E-state index contributed by atoms with van der Waals surface area (Å²) in [6.07, 6.45) is 5.20. The molecule has 3 heteroatoms. The molecular weight excluding hydrogens is 440 g/mol. The maximum absolute atomic E-state index is 7.93. The zero-order valence-electron chi connectivity index (χ0n) is 21.5. The summed E-state index contributed by atoms with van der Waals surface area (Å²) in [4.78, 5) is 3.93. The van der Waals surface area contributed by atoms with E-state index in [1.54, 1.807) is 0 Å². The van der Waals surface area contributed by atoms with E-state index in [1.165, 1.54) is 48.2 Å². The van der Waals surface area contributed by atoms with Gasteiger partial charge < -0.3 is 4.42 Å². The second kappa shape index (κ2) is 8.64. The van der Waals surface area contributed by atoms with Crippen LogP contribution in [0.2, 0.25) is 0 Å². The largest absolute Gasteiger partial charge is 0.456 e. The van der Waals surface area contributed by atoms with Crippen LogP contribution in [0.3, 0.4) is 0 Å². The first-order chi connectivity index (χ1) is 17.5. The van der Waals surface area contributed by atoms with Crippen molar-refractivity contribution < 1.29 is 8.98 Å². The summed E-state index contributed by atoms with van der Waals surface area (Å²) in [6, 6.07) is 21.5. The van der Waals surface area contributed by atoms with Gasteiger partial charge in [-0.25, -0.2) is 4.85 Å². The summed E-state index contributed by atoms with van der Waals surface area (Å²) in [7, 11) is 2.15. The predicted octanol–water partition coefficient (Wildman–Crippen LogP) is 8.88. The SMILES string of the molecule is [C-]#[N+]c1c(C)cc2c(oc3c(-c4cc(C5CCCC5)cc(C)[n+]4C)c(C)ccc32)c1-c1ccccc1. The van der Waals surface area contributed by atoms with Crippen LogP contribution in [0.1, 0.15) is 54.0 Å². The molecule has 178 valence electrons. The molecule has 0 spiro atoms. The number of rotatable bonds is 3. The lowest BCUT2D eigenvalue weighted by molar-refractivity contribution is -0.666. The van der Waals surface area contributed by atoms with Gasteiger partial charge in [-0.2, -0.15) is 4.57 Å². The molecule has 2 aromatic heterocycles. The third-order valence-corrected chi connectivity index (χ3v) is 8.13. The van der Waals surface area contributed by atoms with Crippen molar-refractivity contribution in [3.63, 3.8) is 0 Å². The van der Waals surface area contributed by atoms with E-state index in [0.717, 1.165) is 44.2 Å². The van der Waals surface area contributed by atoms with Crippen molar-refractivity contribution in [2.45, 2.75) is 52.4 Å². The van der Waals surface area contributed by atoms with Gasteiger partial charge in [0.2, 0.25) is 11.4 Å². The van der Waals surface area contributed by atoms with Crippen molar-refractivity contribution in [3.8, 4) is 22.4 Å². The number of aromatic nitrogens is 1. The van der Waals surface area contributed by atoms with Gasteiger partial charge in [-0.3, -0.25) is 0 Å². The fraction of sp³-hybridized carbons (Fsp3) is 0.273. The molecule has 1 aliphatic carbocycles. The van der Waals surface area contributed by atoms with Crippen LogP contribution in [-0.2, 0) is 7.05 Å². The Morgan fingerprint density at radius 1 is 0.833 bits per heavy atom. The Kier molecular flexibility index (Phi) is 5.41. The van der Waals surface area contributed by atoms with E-state index in [4.69, 9.17) is 11.0 Å². The van der Waals surface area contributed by atoms with Crippen LogP contribution in [0, 0.1) is 27.3 Å². The van der Waals surface area contributed by atoms with Crippen molar-refractivity contribution in [3.05, 3.63) is 94.5 Å². The topological polar surface area (TPSA) is 21.4 Å². The third kappa shape index (κ3) is 3.44. The number of pyridine rings is 1. The molecule has 3 nitrogen and oxygen atoms in total. The Hall–Kier alpha value is -3.90. The Morgan fingerprint density at radius 3 is 2.28 bits per heavy atom. The summed E-state index contributed by atoms with van der Waals surface area (Å²) >= 11 is 0. The minimum Gasteiger partial charge on any atom is -0.456 e. The van der Waals surface area contributed by atoms with Crippen LogP contribution in [0.4, 0.5) is 5.69 Å². The summed E-state index contributed by atoms with van der Waals surface area (Å²) in [5.74, 6) is 0.646. The smallest absolute Gasteiger partial charge is 0.216 e. The highest BCUT2D eigenvalue weighted by molar-refractivity contribution is 6.15. The fourth-order valence-electron chi connectivity index (χ4n) is 6.09. The molecule has 5 aromatic rings. The van der Waals surface area contributed by atoms with Gasteiger partial charge in [-0.05, 0) is 54.9 Å². The molecule has 0 N–H and O–H groups in total. The Morgan fingerprint density at radius 2 is 1.56 bits per heavy atom. The molecular formula is C33H31N2O+. The average Bonchev–Trinajstić information content (AvgIpc) is 3.54. The van der Waals surface area contributed by atoms with E-state index in [0.29, 0.717) is 11.6 Å². The van der Waals surface area contributed by atoms with Gasteiger partial charge in [-0.15, -0.1) is 0 Å². The molecule has 0 aliphatic heterocycles. The molecule has 36 heavy (non-hydrogen) atoms. The van der Waals surface area contributed by atoms with E-state index in [9.17, 15) is 0 Å². The molecule has 0 unspecified atom stereocenters. The molecule has 0 atom stereocenters. The number of hydrogen-bond acceptors (Lipinski definition) is 1. The fourth-order valence-corrected chi connectivity index (χ4v) is 6.09. The molecule has 1 aliphatic rings. The normalized spacial score (nSPS) is 14.1. The minimum absolute atomic E-state index is 0.646. The quantitative estimate of drug-likeness (QED) is 0.190. The lowest BCUT2D eigenvalue weighted by Gasteiger charge is -2.13. The molecule has 1 fully saturated rings. The second-order valence-electron chi connectivity index (χ2n) is 10.4. The Balaban J connectivity index is 1.70. The van der Waals surface area contributed by atoms with Crippen LogP contribution in [0.5, 0.6) is 0 Å². The highest BCUT2D eigenvalue weighted by Gasteiger charge is 2.27. The molecule has 0 bridgehead atoms. The minimum atomic E-state index is 0.646. The van der Waals surface area contributed by atoms with Crippen LogP contribution < -0.4 is 4.57 Å². The molecule has 2 heterocycles. The van der Waals surface area contributed by atoms with Gasteiger partial charge in [0.05, 0.1) is 12.1 Å². The van der Waals surface area contributed by atoms with Crippen molar-refractivity contribution in [2.24, 2.45) is 7.05 Å². The highest BCUT2D eigenvalue weighted by atomic mass is 16.3. The maximum Gasteiger partial charge on any atom is 0.216 e. The van der Waals surface area contributed by atoms with Crippen LogP contribution >= 0.6 is 0 Å². The van der Waals surface area contributed by atoms with Crippen molar-refractivity contribution in [1.29, 1.82) is 0 Å². The predicted molar refractivity (Wildman–Crippen MR) is 147 cm³/mol. The number of hydrogen-bond donors (Lipinski definition) is 0. The third-order valence-electron chi connectivity index (χ3n) is 8.13. The van der Waals surface area contributed by atoms with E-state index in [1.807, 2.05) is 25.1 Å². The van der Waals surface area contributed by atoms with Gasteiger partial charge in [0, 0.05) is 35.4 Å². The number of furan rings is 1. The van der Waals surface area contributed by atoms with Gasteiger partial charge in [-0.1, -0.05) is 61.4 Å². The van der Waals surface area contributed by atoms with E-state index >= 15 is 0 Å². The Bertz CT molecular complexity index is 1680. The van der Waals surface area contributed by atoms with Crippen LogP contribution in [0.25, 0.3) is 49.2 Å². The van der Waals surface area contributed by atoms with Gasteiger partial charge in [0.1, 0.15) is 18.2 Å². The molecule has 1 saturated carbocycles. The monoisotopic (exact) mass is 471 g/mol. The molecule has 0 saturated heterocycles. The molecule has 0 radical (unpaired) electrons. The maximum atomic E-state index is 7.93. The zero-order chi connectivity index (χ0) is 25.0. The van der Waals surface area contributed by atoms with Crippen LogP contribution in [-0.4, -0.2) is 0 Å². The average molecular weight is 472 g/mol. The Labute approximate surface area is 212 Å². The summed E-state index contributed by atoms with van der Waals surface area (Å²) in [5.41, 5.74) is 11.5. The van der Waals surface area contributed by atoms with Gasteiger partial charge in [0.25, 0.3) is 0 Å². The number of benzene rings is 3. The van der Waals surface area contributed by atoms with Crippen molar-refractivity contribution >= 4 is 27.6 Å². The number of aryl methyl sites for hydroxylation is 3. The van der Waals surface area contributed by atoms with E-state index < -0.39 is 0 Å². The molecule has 3 aromatic carbocycles. The van der Waals surface area contributed by atoms with E-state index in [-0.39, 0.29) is 0 Å². The van der Waals surface area contributed by atoms with E-state index in [2.05, 4.69) is 72.8 Å². The number of nitrogens with zero attached hydrogens (tertiary/aromatic N) is 2. The number of fused-ring (bicyclic) bond motifs is 3. The zero-order valence-corrected chi connectivity index (χ0v) is 21.5. The van der Waals surface area contributed by atoms with Gasteiger partial charge in [0.15, 0.2) is 5.69 Å². The first-order valence-electron chi connectivity index (χ1n) is 12.9. The summed E-state index contributed by atoms with van der Waals surface area (Å²) in [6.45, 7) is 14.3. The van der Waals surface area contributed by atoms with Gasteiger partial charge >= 0.3 is 0 Å². The lowest BCUT2D eigenvalue weighted by Crippen LogP contribution is -2.35. The second-order valence-corrected chi connectivity index (χ2v) is 10.4. The standard InChI is InChI=1S/C33H31N2O/c1-20-15-16-26-27-17-21(2)31(34-4)30(24-13-7-6-8-14-24)33(27)36-32(26)29(20)28-19-25(18-22(3)35(28)5)23-11-9-10-12-23/h6-8,13-19,23H,9-12H2,1-3,5H3/q+1. The van der Waals surface area contributed by atoms with Crippen molar-refractivity contribution in [2.75, 3.05) is 0 Å². The molecule has 0 amide bonds. The summed E-state index contributed by atoms with van der Waals surface area (Å²) < 4.78 is 9.10. The highest BCUT2D eigenvalue weighted by Crippen LogP contribution is 2.46. The first kappa shape index (κ1) is 22.6. The lowest BCUT2D eigenvalue weighted by atomic mass is 9.93. The summed E-state index contributed by atoms with van der Waals surface area (Å²) in [5, 5.41) is 2.17. The molecule has 6 rings (SSSR count). The van der Waals surface area contributed by atoms with Crippen LogP contribution in [0.15, 0.2) is 65.1 Å². The van der Waals surface area contributed by atoms with Crippen molar-refractivity contribution in [1.82, 2.24) is 0 Å².